The van der Waals surface area contributed by atoms with Gasteiger partial charge in [0.2, 0.25) is 0 Å². The molecule has 2 rings (SSSR count). The predicted molar refractivity (Wildman–Crippen MR) is 45.6 cm³/mol. The predicted octanol–water partition coefficient (Wildman–Crippen LogP) is 1.03. The first kappa shape index (κ1) is 7.45. The zero-order chi connectivity index (χ0) is 8.39. The van der Waals surface area contributed by atoms with Gasteiger partial charge in [-0.2, -0.15) is 5.10 Å². The fourth-order valence-electron chi connectivity index (χ4n) is 0.914. The van der Waals surface area contributed by atoms with Crippen molar-refractivity contribution in [3.63, 3.8) is 0 Å². The molecular weight excluding hydrogens is 174 g/mol. The van der Waals surface area contributed by atoms with Crippen molar-refractivity contribution in [2.45, 2.75) is 6.61 Å². The van der Waals surface area contributed by atoms with Crippen molar-refractivity contribution in [1.82, 2.24) is 15.2 Å². The molecule has 2 aromatic rings. The van der Waals surface area contributed by atoms with E-state index in [9.17, 15) is 0 Å². The van der Waals surface area contributed by atoms with E-state index in [0.29, 0.717) is 0 Å². The molecule has 0 saturated carbocycles. The molecule has 0 aliphatic heterocycles. The Hall–Kier alpha value is -1.20. The van der Waals surface area contributed by atoms with Gasteiger partial charge in [0.15, 0.2) is 5.82 Å². The van der Waals surface area contributed by atoms with Crippen LogP contribution in [-0.4, -0.2) is 20.3 Å². The van der Waals surface area contributed by atoms with E-state index >= 15 is 0 Å². The number of aromatic nitrogens is 3. The van der Waals surface area contributed by atoms with Crippen molar-refractivity contribution < 1.29 is 5.11 Å². The third kappa shape index (κ3) is 1.24. The minimum absolute atomic E-state index is 0.0821. The number of aliphatic hydroxyl groups is 1. The van der Waals surface area contributed by atoms with Crippen LogP contribution < -0.4 is 0 Å². The van der Waals surface area contributed by atoms with Crippen LogP contribution in [0.2, 0.25) is 0 Å². The van der Waals surface area contributed by atoms with Crippen molar-refractivity contribution >= 4 is 11.3 Å². The van der Waals surface area contributed by atoms with E-state index in [1.165, 1.54) is 17.7 Å². The SMILES string of the molecule is OCc1ccc(-c2ncn[nH]2)s1. The summed E-state index contributed by atoms with van der Waals surface area (Å²) in [4.78, 5) is 5.92. The average molecular weight is 181 g/mol. The Morgan fingerprint density at radius 1 is 1.50 bits per heavy atom. The van der Waals surface area contributed by atoms with Crippen LogP contribution in [0.15, 0.2) is 18.5 Å². The zero-order valence-corrected chi connectivity index (χ0v) is 7.01. The highest BCUT2D eigenvalue weighted by Crippen LogP contribution is 2.24. The second-order valence-electron chi connectivity index (χ2n) is 2.26. The standard InChI is InChI=1S/C7H7N3OS/c11-3-5-1-2-6(12-5)7-8-4-9-10-7/h1-2,4,11H,3H2,(H,8,9,10). The summed E-state index contributed by atoms with van der Waals surface area (Å²) in [7, 11) is 0. The number of rotatable bonds is 2. The Kier molecular flexibility index (Phi) is 1.89. The quantitative estimate of drug-likeness (QED) is 0.727. The van der Waals surface area contributed by atoms with Gasteiger partial charge in [-0.05, 0) is 12.1 Å². The third-order valence-electron chi connectivity index (χ3n) is 1.47. The molecule has 0 atom stereocenters. The molecule has 2 heterocycles. The average Bonchev–Trinajstić information content (AvgIpc) is 2.75. The number of nitrogens with one attached hydrogen (secondary N) is 1. The molecule has 0 spiro atoms. The second kappa shape index (κ2) is 3.04. The van der Waals surface area contributed by atoms with Gasteiger partial charge in [-0.15, -0.1) is 11.3 Å². The number of nitrogens with zero attached hydrogens (tertiary/aromatic N) is 2. The maximum atomic E-state index is 8.81. The summed E-state index contributed by atoms with van der Waals surface area (Å²) >= 11 is 1.51. The lowest BCUT2D eigenvalue weighted by molar-refractivity contribution is 0.285. The van der Waals surface area contributed by atoms with Gasteiger partial charge in [0.25, 0.3) is 0 Å². The van der Waals surface area contributed by atoms with Gasteiger partial charge in [0.05, 0.1) is 11.5 Å². The smallest absolute Gasteiger partial charge is 0.165 e. The van der Waals surface area contributed by atoms with Crippen LogP contribution in [0.1, 0.15) is 4.88 Å². The van der Waals surface area contributed by atoms with Gasteiger partial charge in [0.1, 0.15) is 6.33 Å². The molecule has 5 heteroatoms. The molecule has 0 saturated heterocycles. The van der Waals surface area contributed by atoms with Gasteiger partial charge < -0.3 is 5.11 Å². The molecule has 2 aromatic heterocycles. The minimum atomic E-state index is 0.0821. The number of aromatic amines is 1. The van der Waals surface area contributed by atoms with E-state index in [1.807, 2.05) is 12.1 Å². The number of H-pyrrole nitrogens is 1. The molecule has 0 aromatic carbocycles. The van der Waals surface area contributed by atoms with E-state index in [0.717, 1.165) is 15.6 Å². The largest absolute Gasteiger partial charge is 0.391 e. The Bertz CT molecular complexity index is 354. The summed E-state index contributed by atoms with van der Waals surface area (Å²) in [6, 6.07) is 3.79. The molecule has 0 radical (unpaired) electrons. The van der Waals surface area contributed by atoms with Crippen LogP contribution in [0, 0.1) is 0 Å². The van der Waals surface area contributed by atoms with E-state index in [2.05, 4.69) is 15.2 Å². The van der Waals surface area contributed by atoms with Crippen LogP contribution in [0.25, 0.3) is 10.7 Å². The monoisotopic (exact) mass is 181 g/mol. The van der Waals surface area contributed by atoms with Crippen molar-refractivity contribution in [3.8, 4) is 10.7 Å². The minimum Gasteiger partial charge on any atom is -0.391 e. The Morgan fingerprint density at radius 2 is 2.42 bits per heavy atom. The highest BCUT2D eigenvalue weighted by molar-refractivity contribution is 7.15. The fourth-order valence-corrected chi connectivity index (χ4v) is 1.73. The molecular formula is C7H7N3OS. The maximum Gasteiger partial charge on any atom is 0.165 e. The van der Waals surface area contributed by atoms with Crippen LogP contribution in [0.3, 0.4) is 0 Å². The normalized spacial score (nSPS) is 10.4. The number of aliphatic hydroxyl groups excluding tert-OH is 1. The molecule has 0 aliphatic carbocycles. The number of hydrogen-bond donors (Lipinski definition) is 2. The van der Waals surface area contributed by atoms with E-state index in [-0.39, 0.29) is 6.61 Å². The van der Waals surface area contributed by atoms with Crippen molar-refractivity contribution in [3.05, 3.63) is 23.3 Å². The summed E-state index contributed by atoms with van der Waals surface area (Å²) in [6.45, 7) is 0.0821. The van der Waals surface area contributed by atoms with Crippen molar-refractivity contribution in [2.24, 2.45) is 0 Å². The van der Waals surface area contributed by atoms with Crippen LogP contribution in [0.4, 0.5) is 0 Å². The molecule has 12 heavy (non-hydrogen) atoms. The summed E-state index contributed by atoms with van der Waals surface area (Å²) in [5, 5.41) is 15.3. The van der Waals surface area contributed by atoms with E-state index in [1.54, 1.807) is 0 Å². The zero-order valence-electron chi connectivity index (χ0n) is 6.19. The Labute approximate surface area is 72.9 Å². The summed E-state index contributed by atoms with van der Waals surface area (Å²) < 4.78 is 0. The molecule has 2 N–H and O–H groups in total. The summed E-state index contributed by atoms with van der Waals surface area (Å²) in [6.07, 6.45) is 1.47. The van der Waals surface area contributed by atoms with Gasteiger partial charge in [-0.1, -0.05) is 0 Å². The second-order valence-corrected chi connectivity index (χ2v) is 3.43. The lowest BCUT2D eigenvalue weighted by atomic mass is 10.4. The molecule has 62 valence electrons. The van der Waals surface area contributed by atoms with Gasteiger partial charge in [0, 0.05) is 4.88 Å². The van der Waals surface area contributed by atoms with Gasteiger partial charge in [-0.3, -0.25) is 5.10 Å². The first-order valence-electron chi connectivity index (χ1n) is 3.45. The van der Waals surface area contributed by atoms with Crippen LogP contribution in [-0.2, 0) is 6.61 Å². The van der Waals surface area contributed by atoms with E-state index < -0.39 is 0 Å². The molecule has 0 fully saturated rings. The molecule has 4 nitrogen and oxygen atoms in total. The van der Waals surface area contributed by atoms with Crippen molar-refractivity contribution in [1.29, 1.82) is 0 Å². The summed E-state index contributed by atoms with van der Waals surface area (Å²) in [5.41, 5.74) is 0. The highest BCUT2D eigenvalue weighted by atomic mass is 32.1. The molecule has 0 bridgehead atoms. The topological polar surface area (TPSA) is 61.8 Å². The molecule has 0 aliphatic rings. The third-order valence-corrected chi connectivity index (χ3v) is 2.54. The van der Waals surface area contributed by atoms with Crippen LogP contribution >= 0.6 is 11.3 Å². The lowest BCUT2D eigenvalue weighted by Crippen LogP contribution is -1.73. The maximum absolute atomic E-state index is 8.81. The van der Waals surface area contributed by atoms with Gasteiger partial charge >= 0.3 is 0 Å². The number of thiophene rings is 1. The summed E-state index contributed by atoms with van der Waals surface area (Å²) in [5.74, 6) is 0.750. The first-order valence-corrected chi connectivity index (χ1v) is 4.27. The van der Waals surface area contributed by atoms with Crippen LogP contribution in [0.5, 0.6) is 0 Å². The fraction of sp³-hybridized carbons (Fsp3) is 0.143. The molecule has 0 unspecified atom stereocenters. The van der Waals surface area contributed by atoms with E-state index in [4.69, 9.17) is 5.11 Å². The van der Waals surface area contributed by atoms with Crippen molar-refractivity contribution in [2.75, 3.05) is 0 Å². The number of hydrogen-bond acceptors (Lipinski definition) is 4. The highest BCUT2D eigenvalue weighted by Gasteiger charge is 2.03. The lowest BCUT2D eigenvalue weighted by Gasteiger charge is -1.86. The van der Waals surface area contributed by atoms with Gasteiger partial charge in [-0.25, -0.2) is 4.98 Å². The molecule has 0 amide bonds. The Morgan fingerprint density at radius 3 is 3.00 bits per heavy atom. The first-order chi connectivity index (χ1) is 5.90. The Balaban J connectivity index is 2.35.